The highest BCUT2D eigenvalue weighted by Gasteiger charge is 2.72. The molecule has 1 aliphatic rings. The molecule has 0 saturated carbocycles. The van der Waals surface area contributed by atoms with Gasteiger partial charge in [-0.1, -0.05) is 151 Å². The van der Waals surface area contributed by atoms with Crippen molar-refractivity contribution in [2.75, 3.05) is 0 Å². The summed E-state index contributed by atoms with van der Waals surface area (Å²) in [7, 11) is 0. The van der Waals surface area contributed by atoms with Gasteiger partial charge in [0.25, 0.3) is 0 Å². The monoisotopic (exact) mass is 948 g/mol. The summed E-state index contributed by atoms with van der Waals surface area (Å²) in [5, 5.41) is 0. The molecule has 7 aromatic carbocycles. The minimum atomic E-state index is -5.82. The molecule has 0 atom stereocenters. The molecule has 2 heterocycles. The number of aromatic nitrogens is 6. The molecule has 10 rings (SSSR count). The van der Waals surface area contributed by atoms with E-state index in [1.807, 2.05) is 121 Å². The minimum Gasteiger partial charge on any atom is -0.457 e. The van der Waals surface area contributed by atoms with Crippen molar-refractivity contribution in [1.82, 2.24) is 29.9 Å². The van der Waals surface area contributed by atoms with Crippen molar-refractivity contribution in [2.24, 2.45) is 0 Å². The van der Waals surface area contributed by atoms with Crippen molar-refractivity contribution in [1.29, 1.82) is 0 Å². The number of nitrogens with zero attached hydrogens (tertiary/aromatic N) is 6. The Bertz CT molecular complexity index is 3360. The molecule has 0 bridgehead atoms. The van der Waals surface area contributed by atoms with Crippen LogP contribution in [0.4, 0.5) is 26.3 Å². The molecule has 1 aliphatic carbocycles. The highest BCUT2D eigenvalue weighted by atomic mass is 19.4. The number of halogens is 6. The maximum absolute atomic E-state index is 15.2. The van der Waals surface area contributed by atoms with Crippen LogP contribution in [0.1, 0.15) is 17.0 Å². The summed E-state index contributed by atoms with van der Waals surface area (Å²) in [4.78, 5) is 28.1. The molecule has 0 saturated heterocycles. The highest BCUT2D eigenvalue weighted by molar-refractivity contribution is 5.74. The van der Waals surface area contributed by atoms with Crippen LogP contribution < -0.4 is 9.47 Å². The zero-order valence-electron chi connectivity index (χ0n) is 36.9. The predicted molar refractivity (Wildman–Crippen MR) is 256 cm³/mol. The van der Waals surface area contributed by atoms with Gasteiger partial charge in [0.15, 0.2) is 40.7 Å². The fourth-order valence-electron chi connectivity index (χ4n) is 7.89. The molecule has 0 fully saturated rings. The van der Waals surface area contributed by atoms with E-state index >= 15 is 26.3 Å². The van der Waals surface area contributed by atoms with Crippen LogP contribution in [0.3, 0.4) is 0 Å². The van der Waals surface area contributed by atoms with Gasteiger partial charge in [-0.3, -0.25) is 0 Å². The Morgan fingerprint density at radius 3 is 0.944 bits per heavy atom. The number of alkyl halides is 6. The van der Waals surface area contributed by atoms with Crippen molar-refractivity contribution >= 4 is 5.57 Å². The van der Waals surface area contributed by atoms with Gasteiger partial charge in [0.05, 0.1) is 5.57 Å². The Morgan fingerprint density at radius 1 is 0.310 bits per heavy atom. The van der Waals surface area contributed by atoms with E-state index in [4.69, 9.17) is 24.4 Å². The van der Waals surface area contributed by atoms with E-state index in [1.165, 1.54) is 6.08 Å². The van der Waals surface area contributed by atoms with Gasteiger partial charge in [-0.2, -0.15) is 26.3 Å². The van der Waals surface area contributed by atoms with Crippen LogP contribution in [0, 0.1) is 0 Å². The lowest BCUT2D eigenvalue weighted by molar-refractivity contribution is -0.288. The van der Waals surface area contributed by atoms with E-state index in [2.05, 4.69) is 26.4 Å². The number of benzene rings is 7. The standard InChI is InChI=1S/C57H34F6N6O2/c58-56(59,60)55(57(61,62)63,43-25-33-47(34-26-43)70-45-29-21-41(22-30-45)53-66-49(37-13-5-1-6-14-37)64-50(67-53)38-15-7-2-8-16-38)44-27-35-48(36-28-44)71-46-31-23-42(24-32-46)54-68-51(39-17-9-3-10-18-39)65-52(69-54)40-19-11-4-12-20-40/h1-23,25-31,33-36H. The third-order valence-corrected chi connectivity index (χ3v) is 11.4. The molecule has 14 heteroatoms. The molecule has 346 valence electrons. The molecule has 71 heavy (non-hydrogen) atoms. The van der Waals surface area contributed by atoms with Crippen molar-refractivity contribution in [3.05, 3.63) is 240 Å². The predicted octanol–water partition coefficient (Wildman–Crippen LogP) is 14.3. The van der Waals surface area contributed by atoms with Gasteiger partial charge in [-0.25, -0.2) is 29.9 Å². The smallest absolute Gasteiger partial charge is 0.411 e. The van der Waals surface area contributed by atoms with Crippen LogP contribution in [0.15, 0.2) is 223 Å². The quantitative estimate of drug-likeness (QED) is 0.0883. The summed E-state index contributed by atoms with van der Waals surface area (Å²) in [6.45, 7) is 0. The second-order valence-electron chi connectivity index (χ2n) is 16.0. The molecular weight excluding hydrogens is 915 g/mol. The van der Waals surface area contributed by atoms with E-state index in [0.717, 1.165) is 70.8 Å². The minimum absolute atomic E-state index is 0.00391. The number of hydrogen-bond donors (Lipinski definition) is 0. The first-order valence-corrected chi connectivity index (χ1v) is 21.9. The SMILES string of the molecule is FC(F)(F)C(c1ccc(OC2=C=C=C(c3nc(-c4ccccc4)nc(-c4ccccc4)n3)C=C2)cc1)(c1ccc(Oc2ccc(-c3nc(-c4ccccc4)nc(-c4ccccc4)n3)cc2)cc1)C(F)(F)F. The molecule has 0 N–H and O–H groups in total. The van der Waals surface area contributed by atoms with Crippen LogP contribution in [0.5, 0.6) is 17.2 Å². The fraction of sp³-hybridized carbons (Fsp3) is 0.0526. The van der Waals surface area contributed by atoms with Crippen molar-refractivity contribution in [3.8, 4) is 74.2 Å². The molecule has 8 nitrogen and oxygen atoms in total. The molecule has 0 spiro atoms. The van der Waals surface area contributed by atoms with Crippen molar-refractivity contribution in [2.45, 2.75) is 17.8 Å². The van der Waals surface area contributed by atoms with Crippen molar-refractivity contribution in [3.63, 3.8) is 0 Å². The van der Waals surface area contributed by atoms with Gasteiger partial charge in [0, 0.05) is 27.8 Å². The summed E-state index contributed by atoms with van der Waals surface area (Å²) in [6.07, 6.45) is -8.52. The lowest BCUT2D eigenvalue weighted by Gasteiger charge is -2.38. The van der Waals surface area contributed by atoms with E-state index in [-0.39, 0.29) is 23.0 Å². The average Bonchev–Trinajstić information content (AvgIpc) is 3.40. The molecule has 0 unspecified atom stereocenters. The van der Waals surface area contributed by atoms with Crippen LogP contribution in [0.25, 0.3) is 62.5 Å². The second-order valence-corrected chi connectivity index (χ2v) is 16.0. The van der Waals surface area contributed by atoms with Gasteiger partial charge in [-0.15, -0.1) is 0 Å². The van der Waals surface area contributed by atoms with Crippen LogP contribution in [0.2, 0.25) is 0 Å². The van der Waals surface area contributed by atoms with Gasteiger partial charge < -0.3 is 9.47 Å². The second kappa shape index (κ2) is 19.0. The largest absolute Gasteiger partial charge is 0.457 e. The number of allylic oxidation sites excluding steroid dienone is 3. The summed E-state index contributed by atoms with van der Waals surface area (Å²) in [5.74, 6) is 2.76. The van der Waals surface area contributed by atoms with Crippen molar-refractivity contribution < 1.29 is 35.8 Å². The Kier molecular flexibility index (Phi) is 12.2. The van der Waals surface area contributed by atoms with Crippen LogP contribution in [-0.4, -0.2) is 42.3 Å². The first-order valence-electron chi connectivity index (χ1n) is 21.9. The first kappa shape index (κ1) is 45.6. The molecule has 0 aliphatic heterocycles. The summed E-state index contributed by atoms with van der Waals surface area (Å²) < 4.78 is 103. The summed E-state index contributed by atoms with van der Waals surface area (Å²) in [5.41, 5.74) is 3.40. The maximum Gasteiger partial charge on any atom is 0.411 e. The van der Waals surface area contributed by atoms with E-state index < -0.39 is 28.9 Å². The lowest BCUT2D eigenvalue weighted by atomic mass is 9.73. The van der Waals surface area contributed by atoms with E-state index in [1.54, 1.807) is 30.3 Å². The van der Waals surface area contributed by atoms with E-state index in [0.29, 0.717) is 46.1 Å². The first-order chi connectivity index (χ1) is 34.4. The van der Waals surface area contributed by atoms with Crippen LogP contribution >= 0.6 is 0 Å². The Hall–Kier alpha value is -9.22. The number of rotatable bonds is 12. The molecule has 2 aromatic heterocycles. The topological polar surface area (TPSA) is 95.8 Å². The average molecular weight is 949 g/mol. The zero-order valence-corrected chi connectivity index (χ0v) is 36.9. The normalized spacial score (nSPS) is 12.5. The van der Waals surface area contributed by atoms with E-state index in [9.17, 15) is 0 Å². The third kappa shape index (κ3) is 9.49. The summed E-state index contributed by atoms with van der Waals surface area (Å²) in [6, 6.07) is 51.3. The fourth-order valence-corrected chi connectivity index (χ4v) is 7.89. The summed E-state index contributed by atoms with van der Waals surface area (Å²) >= 11 is 0. The molecule has 9 aromatic rings. The lowest BCUT2D eigenvalue weighted by Crippen LogP contribution is -2.54. The third-order valence-electron chi connectivity index (χ3n) is 11.4. The molecular formula is C57H34F6N6O2. The number of hydrogen-bond acceptors (Lipinski definition) is 8. The van der Waals surface area contributed by atoms with Crippen LogP contribution in [-0.2, 0) is 5.41 Å². The Balaban J connectivity index is 0.893. The maximum atomic E-state index is 15.2. The Labute approximate surface area is 402 Å². The van der Waals surface area contributed by atoms with Gasteiger partial charge >= 0.3 is 12.4 Å². The molecule has 0 amide bonds. The Morgan fingerprint density at radius 2 is 0.620 bits per heavy atom. The highest BCUT2D eigenvalue weighted by Crippen LogP contribution is 2.56. The molecule has 0 radical (unpaired) electrons. The number of ether oxygens (including phenoxy) is 2. The van der Waals surface area contributed by atoms with Gasteiger partial charge in [-0.05, 0) is 77.5 Å². The van der Waals surface area contributed by atoms with Gasteiger partial charge in [0.1, 0.15) is 17.2 Å². The van der Waals surface area contributed by atoms with Gasteiger partial charge in [0.2, 0.25) is 5.41 Å². The zero-order chi connectivity index (χ0) is 49.0.